The van der Waals surface area contributed by atoms with Crippen molar-refractivity contribution in [3.8, 4) is 5.75 Å². The van der Waals surface area contributed by atoms with Gasteiger partial charge in [0.2, 0.25) is 6.10 Å². The van der Waals surface area contributed by atoms with Gasteiger partial charge < -0.3 is 14.6 Å². The third-order valence-corrected chi connectivity index (χ3v) is 2.87. The van der Waals surface area contributed by atoms with Crippen LogP contribution in [0.2, 0.25) is 0 Å². The molecule has 1 aliphatic rings. The smallest absolute Gasteiger partial charge is 0.347 e. The second-order valence-corrected chi connectivity index (χ2v) is 3.94. The largest absolute Gasteiger partial charge is 0.475 e. The Balaban J connectivity index is 2.34. The topological polar surface area (TPSA) is 55.8 Å². The lowest BCUT2D eigenvalue weighted by Gasteiger charge is -2.30. The Hall–Kier alpha value is -1.62. The van der Waals surface area contributed by atoms with Crippen molar-refractivity contribution in [3.63, 3.8) is 0 Å². The van der Waals surface area contributed by atoms with Crippen LogP contribution in [0.25, 0.3) is 0 Å². The fourth-order valence-electron chi connectivity index (χ4n) is 1.98. The molecule has 0 unspecified atom stereocenters. The Kier molecular flexibility index (Phi) is 3.28. The Morgan fingerprint density at radius 3 is 3.06 bits per heavy atom. The van der Waals surface area contributed by atoms with Crippen molar-refractivity contribution >= 4 is 5.97 Å². The first kappa shape index (κ1) is 11.9. The number of ether oxygens (including phenoxy) is 2. The molecule has 1 aromatic carbocycles. The average molecular weight is 240 g/mol. The second-order valence-electron chi connectivity index (χ2n) is 3.94. The molecule has 17 heavy (non-hydrogen) atoms. The summed E-state index contributed by atoms with van der Waals surface area (Å²) in [5, 5.41) is 9.22. The van der Waals surface area contributed by atoms with E-state index in [4.69, 9.17) is 4.74 Å². The highest BCUT2D eigenvalue weighted by atomic mass is 19.1. The van der Waals surface area contributed by atoms with E-state index in [1.807, 2.05) is 0 Å². The molecule has 1 N–H and O–H groups in total. The normalized spacial score (nSPS) is 22.5. The van der Waals surface area contributed by atoms with Crippen LogP contribution in [-0.2, 0) is 16.0 Å². The molecular weight excluding hydrogens is 227 g/mol. The van der Waals surface area contributed by atoms with E-state index in [-0.39, 0.29) is 12.4 Å². The number of hydrogen-bond acceptors (Lipinski definition) is 4. The minimum absolute atomic E-state index is 0.0765. The van der Waals surface area contributed by atoms with Crippen molar-refractivity contribution in [2.75, 3.05) is 13.7 Å². The zero-order chi connectivity index (χ0) is 12.4. The van der Waals surface area contributed by atoms with Crippen LogP contribution in [0.5, 0.6) is 5.75 Å². The van der Waals surface area contributed by atoms with E-state index in [1.54, 1.807) is 12.1 Å². The van der Waals surface area contributed by atoms with Gasteiger partial charge in [0.05, 0.1) is 13.7 Å². The molecule has 0 saturated heterocycles. The van der Waals surface area contributed by atoms with Crippen molar-refractivity contribution in [3.05, 3.63) is 29.6 Å². The minimum Gasteiger partial charge on any atom is -0.475 e. The number of benzene rings is 1. The number of carbonyl (C=O) groups excluding carboxylic acids is 1. The fraction of sp³-hybridized carbons (Fsp3) is 0.417. The number of fused-ring (bicyclic) bond motifs is 1. The molecule has 0 aliphatic carbocycles. The van der Waals surface area contributed by atoms with Crippen LogP contribution in [-0.4, -0.2) is 30.9 Å². The first-order valence-corrected chi connectivity index (χ1v) is 5.30. The molecular formula is C12H13FO4. The van der Waals surface area contributed by atoms with E-state index in [1.165, 1.54) is 13.2 Å². The molecule has 0 spiro atoms. The Morgan fingerprint density at radius 2 is 2.41 bits per heavy atom. The number of rotatable bonds is 2. The van der Waals surface area contributed by atoms with E-state index in [9.17, 15) is 14.3 Å². The third kappa shape index (κ3) is 2.10. The molecule has 1 aromatic rings. The first-order chi connectivity index (χ1) is 8.17. The van der Waals surface area contributed by atoms with E-state index in [2.05, 4.69) is 4.74 Å². The maximum atomic E-state index is 13.5. The highest BCUT2D eigenvalue weighted by Crippen LogP contribution is 2.33. The van der Waals surface area contributed by atoms with Gasteiger partial charge in [0.25, 0.3) is 0 Å². The zero-order valence-corrected chi connectivity index (χ0v) is 9.35. The van der Waals surface area contributed by atoms with Crippen LogP contribution in [0.1, 0.15) is 5.56 Å². The van der Waals surface area contributed by atoms with Crippen LogP contribution in [0, 0.1) is 11.7 Å². The maximum Gasteiger partial charge on any atom is 0.347 e. The molecule has 0 aromatic heterocycles. The Bertz CT molecular complexity index is 433. The molecule has 0 saturated carbocycles. The molecule has 4 nitrogen and oxygen atoms in total. The molecule has 2 atom stereocenters. The number of methoxy groups -OCH3 is 1. The first-order valence-electron chi connectivity index (χ1n) is 5.30. The Morgan fingerprint density at radius 1 is 1.65 bits per heavy atom. The van der Waals surface area contributed by atoms with Gasteiger partial charge in [-0.15, -0.1) is 0 Å². The summed E-state index contributed by atoms with van der Waals surface area (Å²) in [6, 6.07) is 4.56. The lowest BCUT2D eigenvalue weighted by atomic mass is 9.91. The summed E-state index contributed by atoms with van der Waals surface area (Å²) in [6.45, 7) is -0.213. The van der Waals surface area contributed by atoms with E-state index in [0.29, 0.717) is 12.0 Å². The predicted molar refractivity (Wildman–Crippen MR) is 57.1 cm³/mol. The van der Waals surface area contributed by atoms with Crippen molar-refractivity contribution in [1.29, 1.82) is 0 Å². The highest BCUT2D eigenvalue weighted by molar-refractivity contribution is 5.76. The maximum absolute atomic E-state index is 13.5. The van der Waals surface area contributed by atoms with Gasteiger partial charge in [-0.25, -0.2) is 9.18 Å². The summed E-state index contributed by atoms with van der Waals surface area (Å²) in [5.41, 5.74) is 0.657. The number of aliphatic hydroxyl groups excluding tert-OH is 1. The standard InChI is InChI=1S/C12H13FO4/c1-16-12(15)11-8(6-14)5-7-3-2-4-9(13)10(7)17-11/h2-4,8,11,14H,5-6H2,1H3/t8-,11+/m0/s1. The zero-order valence-electron chi connectivity index (χ0n) is 9.35. The number of hydrogen-bond donors (Lipinski definition) is 1. The minimum atomic E-state index is -0.950. The molecule has 5 heteroatoms. The SMILES string of the molecule is COC(=O)[C@@H]1Oc2c(F)cccc2C[C@H]1CO. The molecule has 1 heterocycles. The van der Waals surface area contributed by atoms with Gasteiger partial charge in [0.1, 0.15) is 0 Å². The average Bonchev–Trinajstić information content (AvgIpc) is 2.37. The van der Waals surface area contributed by atoms with Crippen molar-refractivity contribution in [2.45, 2.75) is 12.5 Å². The van der Waals surface area contributed by atoms with Gasteiger partial charge >= 0.3 is 5.97 Å². The summed E-state index contributed by atoms with van der Waals surface area (Å²) >= 11 is 0. The number of halogens is 1. The van der Waals surface area contributed by atoms with E-state index < -0.39 is 23.8 Å². The molecule has 1 aliphatic heterocycles. The van der Waals surface area contributed by atoms with Crippen molar-refractivity contribution < 1.29 is 23.8 Å². The number of aliphatic hydroxyl groups is 1. The number of para-hydroxylation sites is 1. The Labute approximate surface area is 98.0 Å². The van der Waals surface area contributed by atoms with Crippen LogP contribution < -0.4 is 4.74 Å². The summed E-state index contributed by atoms with van der Waals surface area (Å²) < 4.78 is 23.4. The molecule has 2 rings (SSSR count). The molecule has 0 fully saturated rings. The van der Waals surface area contributed by atoms with Gasteiger partial charge in [0, 0.05) is 5.92 Å². The quantitative estimate of drug-likeness (QED) is 0.781. The van der Waals surface area contributed by atoms with Gasteiger partial charge in [0.15, 0.2) is 11.6 Å². The van der Waals surface area contributed by atoms with E-state index >= 15 is 0 Å². The van der Waals surface area contributed by atoms with Gasteiger partial charge in [-0.3, -0.25) is 0 Å². The van der Waals surface area contributed by atoms with Crippen LogP contribution in [0.3, 0.4) is 0 Å². The summed E-state index contributed by atoms with van der Waals surface area (Å²) in [4.78, 5) is 11.5. The number of carbonyl (C=O) groups is 1. The van der Waals surface area contributed by atoms with Gasteiger partial charge in [-0.1, -0.05) is 12.1 Å². The molecule has 0 radical (unpaired) electrons. The number of esters is 1. The van der Waals surface area contributed by atoms with Crippen molar-refractivity contribution in [2.24, 2.45) is 5.92 Å². The lowest BCUT2D eigenvalue weighted by molar-refractivity contribution is -0.153. The lowest BCUT2D eigenvalue weighted by Crippen LogP contribution is -2.42. The fourth-order valence-corrected chi connectivity index (χ4v) is 1.98. The molecule has 92 valence electrons. The van der Waals surface area contributed by atoms with E-state index in [0.717, 1.165) is 0 Å². The molecule has 0 bridgehead atoms. The summed E-state index contributed by atoms with van der Waals surface area (Å²) in [5.74, 6) is -1.44. The van der Waals surface area contributed by atoms with Gasteiger partial charge in [-0.2, -0.15) is 0 Å². The van der Waals surface area contributed by atoms with Crippen molar-refractivity contribution in [1.82, 2.24) is 0 Å². The van der Waals surface area contributed by atoms with Crippen LogP contribution in [0.15, 0.2) is 18.2 Å². The summed E-state index contributed by atoms with van der Waals surface area (Å²) in [7, 11) is 1.23. The van der Waals surface area contributed by atoms with Gasteiger partial charge in [-0.05, 0) is 18.1 Å². The van der Waals surface area contributed by atoms with Crippen LogP contribution in [0.4, 0.5) is 4.39 Å². The summed E-state index contributed by atoms with van der Waals surface area (Å²) in [6.07, 6.45) is -0.557. The third-order valence-electron chi connectivity index (χ3n) is 2.87. The monoisotopic (exact) mass is 240 g/mol. The second kappa shape index (κ2) is 4.71. The predicted octanol–water partition coefficient (Wildman–Crippen LogP) is 0.911. The molecule has 0 amide bonds. The highest BCUT2D eigenvalue weighted by Gasteiger charge is 2.36. The van der Waals surface area contributed by atoms with Crippen LogP contribution >= 0.6 is 0 Å².